The Morgan fingerprint density at radius 2 is 2.09 bits per heavy atom. The predicted molar refractivity (Wildman–Crippen MR) is 43.9 cm³/mol. The van der Waals surface area contributed by atoms with Crippen molar-refractivity contribution < 1.29 is 8.42 Å². The average Bonchev–Trinajstić information content (AvgIpc) is 2.38. The van der Waals surface area contributed by atoms with E-state index in [1.54, 1.807) is 7.05 Å². The summed E-state index contributed by atoms with van der Waals surface area (Å²) in [4.78, 5) is 0. The van der Waals surface area contributed by atoms with Gasteiger partial charge in [0.1, 0.15) is 9.84 Å². The number of hydrogen-bond donors (Lipinski definition) is 1. The second-order valence-corrected chi connectivity index (χ2v) is 5.22. The molecule has 1 aliphatic rings. The number of sulfone groups is 1. The van der Waals surface area contributed by atoms with Crippen molar-refractivity contribution >= 4 is 9.84 Å². The summed E-state index contributed by atoms with van der Waals surface area (Å²) >= 11 is 0. The van der Waals surface area contributed by atoms with Crippen molar-refractivity contribution in [2.24, 2.45) is 0 Å². The third-order valence-electron chi connectivity index (χ3n) is 1.99. The van der Waals surface area contributed by atoms with Gasteiger partial charge in [-0.05, 0) is 14.0 Å². The van der Waals surface area contributed by atoms with Crippen LogP contribution in [0.3, 0.4) is 0 Å². The van der Waals surface area contributed by atoms with E-state index in [0.717, 1.165) is 0 Å². The third kappa shape index (κ3) is 2.15. The van der Waals surface area contributed by atoms with E-state index in [-0.39, 0.29) is 11.8 Å². The van der Waals surface area contributed by atoms with Crippen LogP contribution in [0.4, 0.5) is 0 Å². The Morgan fingerprint density at radius 3 is 2.36 bits per heavy atom. The molecule has 4 nitrogen and oxygen atoms in total. The van der Waals surface area contributed by atoms with E-state index in [9.17, 15) is 8.42 Å². The first-order chi connectivity index (χ1) is 4.95. The molecule has 1 rings (SSSR count). The maximum absolute atomic E-state index is 10.8. The summed E-state index contributed by atoms with van der Waals surface area (Å²) in [7, 11) is -1.01. The lowest BCUT2D eigenvalue weighted by atomic mass is 10.4. The van der Waals surface area contributed by atoms with Crippen LogP contribution in [0, 0.1) is 0 Å². The lowest BCUT2D eigenvalue weighted by Gasteiger charge is -1.97. The molecule has 0 saturated carbocycles. The highest BCUT2D eigenvalue weighted by Gasteiger charge is 2.44. The zero-order chi connectivity index (χ0) is 8.65. The molecule has 5 heteroatoms. The van der Waals surface area contributed by atoms with E-state index in [1.807, 2.05) is 11.9 Å². The van der Waals surface area contributed by atoms with Crippen molar-refractivity contribution in [2.75, 3.05) is 19.1 Å². The van der Waals surface area contributed by atoms with E-state index >= 15 is 0 Å². The average molecular weight is 178 g/mol. The SMILES string of the molecule is CNN1C(C)C1CS(C)(=O)=O. The first-order valence-corrected chi connectivity index (χ1v) is 5.65. The van der Waals surface area contributed by atoms with Gasteiger partial charge in [-0.15, -0.1) is 0 Å². The summed E-state index contributed by atoms with van der Waals surface area (Å²) < 4.78 is 21.7. The zero-order valence-electron chi connectivity index (χ0n) is 7.03. The van der Waals surface area contributed by atoms with Gasteiger partial charge in [0.2, 0.25) is 0 Å². The first-order valence-electron chi connectivity index (χ1n) is 3.59. The molecule has 0 radical (unpaired) electrons. The molecule has 1 saturated heterocycles. The number of rotatable bonds is 3. The Balaban J connectivity index is 2.44. The van der Waals surface area contributed by atoms with Gasteiger partial charge < -0.3 is 0 Å². The highest BCUT2D eigenvalue weighted by molar-refractivity contribution is 7.90. The summed E-state index contributed by atoms with van der Waals surface area (Å²) in [6, 6.07) is 0.532. The Bertz CT molecular complexity index is 237. The molecular formula is C6H14N2O2S. The fourth-order valence-electron chi connectivity index (χ4n) is 1.31. The topological polar surface area (TPSA) is 49.2 Å². The van der Waals surface area contributed by atoms with Crippen molar-refractivity contribution in [3.05, 3.63) is 0 Å². The van der Waals surface area contributed by atoms with Crippen LogP contribution in [0.2, 0.25) is 0 Å². The maximum atomic E-state index is 10.8. The lowest BCUT2D eigenvalue weighted by Crippen LogP contribution is -2.21. The second kappa shape index (κ2) is 2.73. The molecule has 11 heavy (non-hydrogen) atoms. The van der Waals surface area contributed by atoms with Crippen LogP contribution in [0.1, 0.15) is 6.92 Å². The van der Waals surface area contributed by atoms with Crippen LogP contribution >= 0.6 is 0 Å². The van der Waals surface area contributed by atoms with Crippen molar-refractivity contribution in [3.63, 3.8) is 0 Å². The summed E-state index contributed by atoms with van der Waals surface area (Å²) in [6.45, 7) is 2.01. The van der Waals surface area contributed by atoms with Gasteiger partial charge in [0.15, 0.2) is 0 Å². The Labute approximate surface area is 67.5 Å². The highest BCUT2D eigenvalue weighted by Crippen LogP contribution is 2.25. The molecule has 66 valence electrons. The molecule has 0 aromatic carbocycles. The summed E-state index contributed by atoms with van der Waals surface area (Å²) in [5, 5.41) is 1.93. The molecule has 3 atom stereocenters. The zero-order valence-corrected chi connectivity index (χ0v) is 7.85. The van der Waals surface area contributed by atoms with Crippen molar-refractivity contribution in [3.8, 4) is 0 Å². The lowest BCUT2D eigenvalue weighted by molar-refractivity contribution is 0.399. The predicted octanol–water partition coefficient (Wildman–Crippen LogP) is -0.762. The molecule has 1 fully saturated rings. The first kappa shape index (κ1) is 8.96. The van der Waals surface area contributed by atoms with Crippen molar-refractivity contribution in [1.29, 1.82) is 0 Å². The van der Waals surface area contributed by atoms with Crippen LogP contribution in [0.15, 0.2) is 0 Å². The molecule has 1 heterocycles. The van der Waals surface area contributed by atoms with Gasteiger partial charge in [-0.1, -0.05) is 0 Å². The molecule has 1 aliphatic heterocycles. The van der Waals surface area contributed by atoms with Gasteiger partial charge in [-0.25, -0.2) is 13.4 Å². The molecule has 0 amide bonds. The molecule has 0 spiro atoms. The van der Waals surface area contributed by atoms with E-state index in [4.69, 9.17) is 0 Å². The summed E-state index contributed by atoms with van der Waals surface area (Å²) in [5.74, 6) is 0.259. The second-order valence-electron chi connectivity index (χ2n) is 3.03. The maximum Gasteiger partial charge on any atom is 0.149 e. The fraction of sp³-hybridized carbons (Fsp3) is 1.00. The van der Waals surface area contributed by atoms with Crippen LogP contribution in [-0.4, -0.2) is 44.6 Å². The van der Waals surface area contributed by atoms with E-state index < -0.39 is 9.84 Å². The van der Waals surface area contributed by atoms with E-state index in [2.05, 4.69) is 5.43 Å². The smallest absolute Gasteiger partial charge is 0.149 e. The van der Waals surface area contributed by atoms with Gasteiger partial charge in [0.25, 0.3) is 0 Å². The van der Waals surface area contributed by atoms with Gasteiger partial charge in [0.05, 0.1) is 11.8 Å². The molecule has 0 aliphatic carbocycles. The minimum atomic E-state index is -2.82. The van der Waals surface area contributed by atoms with Crippen LogP contribution in [0.25, 0.3) is 0 Å². The van der Waals surface area contributed by atoms with Gasteiger partial charge in [0, 0.05) is 12.3 Å². The normalized spacial score (nSPS) is 37.2. The van der Waals surface area contributed by atoms with Gasteiger partial charge in [-0.2, -0.15) is 0 Å². The summed E-state index contributed by atoms with van der Waals surface area (Å²) in [5.41, 5.74) is 2.93. The van der Waals surface area contributed by atoms with Crippen LogP contribution in [-0.2, 0) is 9.84 Å². The number of hydrazine groups is 1. The largest absolute Gasteiger partial charge is 0.258 e. The van der Waals surface area contributed by atoms with Gasteiger partial charge >= 0.3 is 0 Å². The quantitative estimate of drug-likeness (QED) is 0.577. The van der Waals surface area contributed by atoms with E-state index in [0.29, 0.717) is 6.04 Å². The Kier molecular flexibility index (Phi) is 2.22. The molecular weight excluding hydrogens is 164 g/mol. The van der Waals surface area contributed by atoms with Gasteiger partial charge in [-0.3, -0.25) is 5.43 Å². The minimum Gasteiger partial charge on any atom is -0.258 e. The Hall–Kier alpha value is -0.130. The summed E-state index contributed by atoms with van der Waals surface area (Å²) in [6.07, 6.45) is 1.27. The number of nitrogens with zero attached hydrogens (tertiary/aromatic N) is 1. The molecule has 1 N–H and O–H groups in total. The standard InChI is InChI=1S/C6H14N2O2S/c1-5-6(8(5)7-2)4-11(3,9)10/h5-7H,4H2,1-3H3. The van der Waals surface area contributed by atoms with Crippen LogP contribution < -0.4 is 5.43 Å². The fourth-order valence-corrected chi connectivity index (χ4v) is 2.37. The minimum absolute atomic E-state index is 0.176. The van der Waals surface area contributed by atoms with Crippen LogP contribution in [0.5, 0.6) is 0 Å². The molecule has 0 aromatic rings. The van der Waals surface area contributed by atoms with Crippen molar-refractivity contribution in [1.82, 2.24) is 10.4 Å². The Morgan fingerprint density at radius 1 is 1.55 bits per heavy atom. The molecule has 3 unspecified atom stereocenters. The third-order valence-corrected chi connectivity index (χ3v) is 2.94. The highest BCUT2D eigenvalue weighted by atomic mass is 32.2. The molecule has 0 bridgehead atoms. The van der Waals surface area contributed by atoms with E-state index in [1.165, 1.54) is 6.26 Å². The number of nitrogens with one attached hydrogen (secondary N) is 1. The monoisotopic (exact) mass is 178 g/mol. The van der Waals surface area contributed by atoms with Crippen molar-refractivity contribution in [2.45, 2.75) is 19.0 Å². The number of hydrogen-bond acceptors (Lipinski definition) is 4. The molecule has 0 aromatic heterocycles.